The number of rotatable bonds is 7. The number of carboxylic acids is 1. The standard InChI is InChI=1S/C24H23N5O7S/c1-12(2)11-25-29-15-6-4-3-5-13(15)21(32)19(24(29)33)23-26-14-7-8-16-20(22(14)37(34,35)28-23)27-17(36-16)9-10-18(30)31/h3-8,12,25,32H,9-11H2,1-2H3,(H,26,28)(H,30,31). The summed E-state index contributed by atoms with van der Waals surface area (Å²) >= 11 is 0. The van der Waals surface area contributed by atoms with Gasteiger partial charge in [-0.25, -0.2) is 9.66 Å². The van der Waals surface area contributed by atoms with Crippen LogP contribution in [0.3, 0.4) is 0 Å². The second-order valence-electron chi connectivity index (χ2n) is 8.97. The number of pyridine rings is 1. The molecule has 1 aliphatic heterocycles. The fraction of sp³-hybridized carbons (Fsp3) is 0.250. The molecule has 0 fully saturated rings. The highest BCUT2D eigenvalue weighted by molar-refractivity contribution is 7.90. The minimum absolute atomic E-state index is 0.00747. The van der Waals surface area contributed by atoms with Crippen molar-refractivity contribution in [3.05, 3.63) is 58.2 Å². The van der Waals surface area contributed by atoms with Gasteiger partial charge in [0.25, 0.3) is 15.6 Å². The highest BCUT2D eigenvalue weighted by atomic mass is 32.2. The van der Waals surface area contributed by atoms with Crippen molar-refractivity contribution in [2.45, 2.75) is 31.6 Å². The van der Waals surface area contributed by atoms with Crippen LogP contribution in [0.2, 0.25) is 0 Å². The fourth-order valence-corrected chi connectivity index (χ4v) is 5.35. The van der Waals surface area contributed by atoms with Gasteiger partial charge in [-0.3, -0.25) is 9.59 Å². The highest BCUT2D eigenvalue weighted by Crippen LogP contribution is 2.36. The van der Waals surface area contributed by atoms with Crippen molar-refractivity contribution in [2.75, 3.05) is 17.3 Å². The van der Waals surface area contributed by atoms with Crippen LogP contribution in [0.25, 0.3) is 22.0 Å². The quantitative estimate of drug-likeness (QED) is 0.280. The molecule has 4 N–H and O–H groups in total. The van der Waals surface area contributed by atoms with E-state index in [0.717, 1.165) is 0 Å². The van der Waals surface area contributed by atoms with Gasteiger partial charge in [0.05, 0.1) is 17.6 Å². The van der Waals surface area contributed by atoms with Gasteiger partial charge in [0, 0.05) is 18.4 Å². The second kappa shape index (κ2) is 8.92. The lowest BCUT2D eigenvalue weighted by Gasteiger charge is -2.21. The van der Waals surface area contributed by atoms with Crippen LogP contribution in [0, 0.1) is 5.92 Å². The molecule has 0 radical (unpaired) electrons. The number of sulfonamides is 1. The summed E-state index contributed by atoms with van der Waals surface area (Å²) in [5.41, 5.74) is 2.70. The third-order valence-corrected chi connectivity index (χ3v) is 7.13. The summed E-state index contributed by atoms with van der Waals surface area (Å²) < 4.78 is 37.3. The minimum Gasteiger partial charge on any atom is -0.506 e. The van der Waals surface area contributed by atoms with Crippen LogP contribution in [0.15, 0.2) is 54.9 Å². The molecule has 0 unspecified atom stereocenters. The number of anilines is 1. The van der Waals surface area contributed by atoms with Crippen molar-refractivity contribution in [3.8, 4) is 5.75 Å². The number of aliphatic carboxylic acids is 1. The number of benzene rings is 2. The van der Waals surface area contributed by atoms with E-state index in [1.165, 1.54) is 16.8 Å². The predicted molar refractivity (Wildman–Crippen MR) is 136 cm³/mol. The van der Waals surface area contributed by atoms with E-state index in [-0.39, 0.29) is 57.7 Å². The fourth-order valence-electron chi connectivity index (χ4n) is 4.09. The maximum atomic E-state index is 13.5. The molecule has 2 aromatic carbocycles. The number of carboxylic acid groups (broad SMARTS) is 1. The summed E-state index contributed by atoms with van der Waals surface area (Å²) in [4.78, 5) is 28.3. The molecule has 0 amide bonds. The van der Waals surface area contributed by atoms with E-state index in [0.29, 0.717) is 17.4 Å². The number of amidine groups is 1. The van der Waals surface area contributed by atoms with E-state index < -0.39 is 27.3 Å². The van der Waals surface area contributed by atoms with Crippen LogP contribution in [0.1, 0.15) is 31.7 Å². The first-order chi connectivity index (χ1) is 17.6. The maximum Gasteiger partial charge on any atom is 0.303 e. The Kier molecular flexibility index (Phi) is 5.86. The SMILES string of the molecule is CC(C)CNn1c(=O)c(C2=NS(=O)(=O)c3c(ccc4oc(CCC(=O)O)nc34)N2)c(O)c2ccccc21. The number of aryl methyl sites for hydroxylation is 1. The monoisotopic (exact) mass is 525 g/mol. The number of aromatic nitrogens is 2. The number of hydrogen-bond donors (Lipinski definition) is 4. The van der Waals surface area contributed by atoms with Gasteiger partial charge in [-0.1, -0.05) is 26.0 Å². The predicted octanol–water partition coefficient (Wildman–Crippen LogP) is 2.63. The first kappa shape index (κ1) is 24.3. The van der Waals surface area contributed by atoms with E-state index in [4.69, 9.17) is 9.52 Å². The lowest BCUT2D eigenvalue weighted by atomic mass is 10.1. The van der Waals surface area contributed by atoms with Gasteiger partial charge in [-0.2, -0.15) is 8.42 Å². The minimum atomic E-state index is -4.40. The van der Waals surface area contributed by atoms with E-state index in [2.05, 4.69) is 20.1 Å². The molecule has 0 bridgehead atoms. The van der Waals surface area contributed by atoms with Crippen LogP contribution in [-0.2, 0) is 21.2 Å². The molecule has 5 rings (SSSR count). The Bertz CT molecular complexity index is 1770. The van der Waals surface area contributed by atoms with E-state index >= 15 is 0 Å². The molecule has 0 spiro atoms. The lowest BCUT2D eigenvalue weighted by Crippen LogP contribution is -2.37. The third kappa shape index (κ3) is 4.27. The number of carbonyl (C=O) groups is 1. The zero-order valence-electron chi connectivity index (χ0n) is 19.8. The smallest absolute Gasteiger partial charge is 0.303 e. The van der Waals surface area contributed by atoms with Crippen molar-refractivity contribution in [1.29, 1.82) is 0 Å². The maximum absolute atomic E-state index is 13.5. The van der Waals surface area contributed by atoms with E-state index in [9.17, 15) is 23.1 Å². The molecular formula is C24H23N5O7S. The number of para-hydroxylation sites is 1. The molecule has 3 heterocycles. The van der Waals surface area contributed by atoms with Crippen molar-refractivity contribution in [2.24, 2.45) is 10.3 Å². The van der Waals surface area contributed by atoms with Crippen molar-refractivity contribution >= 4 is 49.5 Å². The van der Waals surface area contributed by atoms with Crippen molar-refractivity contribution < 1.29 is 27.8 Å². The first-order valence-electron chi connectivity index (χ1n) is 11.4. The molecule has 192 valence electrons. The Balaban J connectivity index is 1.66. The van der Waals surface area contributed by atoms with E-state index in [1.807, 2.05) is 13.8 Å². The highest BCUT2D eigenvalue weighted by Gasteiger charge is 2.33. The number of aromatic hydroxyl groups is 1. The largest absolute Gasteiger partial charge is 0.506 e. The average molecular weight is 526 g/mol. The van der Waals surface area contributed by atoms with Gasteiger partial charge in [-0.05, 0) is 30.2 Å². The summed E-state index contributed by atoms with van der Waals surface area (Å²) in [5.74, 6) is -1.52. The molecule has 2 aromatic heterocycles. The van der Waals surface area contributed by atoms with Crippen LogP contribution < -0.4 is 16.3 Å². The zero-order chi connectivity index (χ0) is 26.5. The summed E-state index contributed by atoms with van der Waals surface area (Å²) in [5, 5.41) is 23.1. The third-order valence-electron chi connectivity index (χ3n) is 5.78. The summed E-state index contributed by atoms with van der Waals surface area (Å²) in [7, 11) is -4.40. The second-order valence-corrected chi connectivity index (χ2v) is 10.5. The zero-order valence-corrected chi connectivity index (χ0v) is 20.7. The Labute approximate surface area is 210 Å². The summed E-state index contributed by atoms with van der Waals surface area (Å²) in [6.45, 7) is 4.38. The van der Waals surface area contributed by atoms with Gasteiger partial charge >= 0.3 is 5.97 Å². The van der Waals surface area contributed by atoms with Gasteiger partial charge in [0.15, 0.2) is 17.3 Å². The van der Waals surface area contributed by atoms with Crippen LogP contribution in [0.4, 0.5) is 5.69 Å². The van der Waals surface area contributed by atoms with Crippen LogP contribution in [0.5, 0.6) is 5.75 Å². The van der Waals surface area contributed by atoms with Crippen molar-refractivity contribution in [1.82, 2.24) is 9.66 Å². The molecule has 4 aromatic rings. The molecular weight excluding hydrogens is 502 g/mol. The number of nitrogens with one attached hydrogen (secondary N) is 2. The number of oxazole rings is 1. The number of hydrogen-bond acceptors (Lipinski definition) is 9. The molecule has 13 heteroatoms. The first-order valence-corrected chi connectivity index (χ1v) is 12.9. The number of fused-ring (bicyclic) bond motifs is 4. The van der Waals surface area contributed by atoms with E-state index in [1.54, 1.807) is 24.3 Å². The molecule has 0 saturated carbocycles. The molecule has 0 atom stereocenters. The van der Waals surface area contributed by atoms with Gasteiger partial charge in [-0.15, -0.1) is 4.40 Å². The van der Waals surface area contributed by atoms with Gasteiger partial charge in [0.2, 0.25) is 0 Å². The topological polar surface area (TPSA) is 176 Å². The summed E-state index contributed by atoms with van der Waals surface area (Å²) in [6, 6.07) is 9.61. The van der Waals surface area contributed by atoms with Gasteiger partial charge < -0.3 is 25.4 Å². The average Bonchev–Trinajstić information content (AvgIpc) is 3.25. The normalized spacial score (nSPS) is 14.4. The Morgan fingerprint density at radius 3 is 2.70 bits per heavy atom. The lowest BCUT2D eigenvalue weighted by molar-refractivity contribution is -0.137. The summed E-state index contributed by atoms with van der Waals surface area (Å²) in [6.07, 6.45) is -0.255. The molecule has 12 nitrogen and oxygen atoms in total. The Morgan fingerprint density at radius 2 is 1.97 bits per heavy atom. The molecule has 37 heavy (non-hydrogen) atoms. The number of nitrogens with zero attached hydrogens (tertiary/aromatic N) is 3. The Hall–Kier alpha value is -4.39. The Morgan fingerprint density at radius 1 is 1.22 bits per heavy atom. The van der Waals surface area contributed by atoms with Gasteiger partial charge in [0.1, 0.15) is 21.7 Å². The van der Waals surface area contributed by atoms with Crippen molar-refractivity contribution in [3.63, 3.8) is 0 Å². The molecule has 1 aliphatic rings. The van der Waals surface area contributed by atoms with Crippen LogP contribution >= 0.6 is 0 Å². The molecule has 0 saturated heterocycles. The molecule has 0 aliphatic carbocycles. The van der Waals surface area contributed by atoms with Crippen LogP contribution in [-0.4, -0.2) is 46.6 Å².